The van der Waals surface area contributed by atoms with Crippen molar-refractivity contribution in [3.8, 4) is 5.75 Å². The van der Waals surface area contributed by atoms with Gasteiger partial charge in [0.2, 0.25) is 5.91 Å². The van der Waals surface area contributed by atoms with Gasteiger partial charge in [-0.05, 0) is 25.0 Å². The fourth-order valence-electron chi connectivity index (χ4n) is 3.41. The third-order valence-electron chi connectivity index (χ3n) is 4.56. The summed E-state index contributed by atoms with van der Waals surface area (Å²) in [5.74, 6) is -0.185. The number of nitrogens with one attached hydrogen (secondary N) is 1. The van der Waals surface area contributed by atoms with Crippen molar-refractivity contribution in [2.24, 2.45) is 5.92 Å². The first-order valence-corrected chi connectivity index (χ1v) is 7.87. The van der Waals surface area contributed by atoms with Crippen LogP contribution in [0.4, 0.5) is 0 Å². The van der Waals surface area contributed by atoms with Gasteiger partial charge in [-0.25, -0.2) is 4.98 Å². The molecule has 1 aliphatic carbocycles. The summed E-state index contributed by atoms with van der Waals surface area (Å²) in [4.78, 5) is 30.0. The van der Waals surface area contributed by atoms with Gasteiger partial charge in [-0.15, -0.1) is 0 Å². The monoisotopic (exact) mass is 303 g/mol. The summed E-state index contributed by atoms with van der Waals surface area (Å²) in [7, 11) is 0. The van der Waals surface area contributed by atoms with Gasteiger partial charge in [0.25, 0.3) is 5.91 Å². The molecule has 2 heterocycles. The first-order valence-electron chi connectivity index (χ1n) is 7.87. The number of carbonyl (C=O) groups is 2. The Balaban J connectivity index is 1.53. The van der Waals surface area contributed by atoms with Crippen LogP contribution < -0.4 is 5.32 Å². The van der Waals surface area contributed by atoms with Crippen LogP contribution in [0.25, 0.3) is 0 Å². The number of hydrogen-bond acceptors (Lipinski definition) is 4. The molecule has 2 fully saturated rings. The summed E-state index contributed by atoms with van der Waals surface area (Å²) in [5.41, 5.74) is 0.0273. The fraction of sp³-hybridized carbons (Fsp3) is 0.562. The van der Waals surface area contributed by atoms with Gasteiger partial charge in [-0.1, -0.05) is 12.8 Å². The molecule has 1 aromatic heterocycles. The number of rotatable bonds is 4. The summed E-state index contributed by atoms with van der Waals surface area (Å²) < 4.78 is 0. The van der Waals surface area contributed by atoms with Crippen molar-refractivity contribution >= 4 is 11.8 Å². The molecule has 1 saturated heterocycles. The first-order chi connectivity index (χ1) is 10.6. The van der Waals surface area contributed by atoms with Crippen LogP contribution in [0.5, 0.6) is 5.75 Å². The Morgan fingerprint density at radius 1 is 1.41 bits per heavy atom. The number of pyridine rings is 1. The van der Waals surface area contributed by atoms with E-state index in [9.17, 15) is 14.7 Å². The molecule has 0 bridgehead atoms. The predicted octanol–water partition coefficient (Wildman–Crippen LogP) is 1.31. The molecule has 6 heteroatoms. The normalized spacial score (nSPS) is 22.3. The predicted molar refractivity (Wildman–Crippen MR) is 80.3 cm³/mol. The molecular weight excluding hydrogens is 282 g/mol. The van der Waals surface area contributed by atoms with Gasteiger partial charge in [0.05, 0.1) is 0 Å². The zero-order valence-electron chi connectivity index (χ0n) is 12.5. The lowest BCUT2D eigenvalue weighted by Crippen LogP contribution is -2.36. The second-order valence-electron chi connectivity index (χ2n) is 6.14. The second-order valence-corrected chi connectivity index (χ2v) is 6.14. The standard InChI is InChI=1S/C16H21N3O3/c20-13-6-3-7-17-15(13)16(22)18-9-11-8-14(21)19(10-11)12-4-1-2-5-12/h3,6-7,11-12,20H,1-2,4-5,8-10H2,(H,18,22). The minimum absolute atomic E-state index is 0.0273. The molecule has 1 atom stereocenters. The number of likely N-dealkylation sites (tertiary alicyclic amines) is 1. The second kappa shape index (κ2) is 6.34. The maximum Gasteiger partial charge on any atom is 0.273 e. The van der Waals surface area contributed by atoms with Crippen molar-refractivity contribution in [2.75, 3.05) is 13.1 Å². The fourth-order valence-corrected chi connectivity index (χ4v) is 3.41. The molecule has 3 rings (SSSR count). The van der Waals surface area contributed by atoms with Gasteiger partial charge >= 0.3 is 0 Å². The summed E-state index contributed by atoms with van der Waals surface area (Å²) in [6, 6.07) is 3.40. The van der Waals surface area contributed by atoms with E-state index in [1.165, 1.54) is 25.1 Å². The number of amides is 2. The van der Waals surface area contributed by atoms with Gasteiger partial charge in [0.1, 0.15) is 5.75 Å². The van der Waals surface area contributed by atoms with Crippen LogP contribution in [-0.4, -0.2) is 45.9 Å². The minimum Gasteiger partial charge on any atom is -0.505 e. The highest BCUT2D eigenvalue weighted by atomic mass is 16.3. The minimum atomic E-state index is -0.398. The van der Waals surface area contributed by atoms with E-state index >= 15 is 0 Å². The molecule has 1 unspecified atom stereocenters. The maximum absolute atomic E-state index is 12.1. The van der Waals surface area contributed by atoms with Crippen molar-refractivity contribution < 1.29 is 14.7 Å². The Labute approximate surface area is 129 Å². The zero-order chi connectivity index (χ0) is 15.5. The Hall–Kier alpha value is -2.11. The molecule has 0 spiro atoms. The average Bonchev–Trinajstić information content (AvgIpc) is 3.14. The van der Waals surface area contributed by atoms with E-state index in [1.54, 1.807) is 6.07 Å². The van der Waals surface area contributed by atoms with E-state index in [-0.39, 0.29) is 23.3 Å². The highest BCUT2D eigenvalue weighted by Gasteiger charge is 2.35. The van der Waals surface area contributed by atoms with Gasteiger partial charge in [0, 0.05) is 37.7 Å². The average molecular weight is 303 g/mol. The molecular formula is C16H21N3O3. The molecule has 6 nitrogen and oxygen atoms in total. The summed E-state index contributed by atoms with van der Waals surface area (Å²) in [5, 5.41) is 12.4. The van der Waals surface area contributed by atoms with Crippen molar-refractivity contribution in [2.45, 2.75) is 38.1 Å². The molecule has 2 N–H and O–H groups in total. The molecule has 1 aliphatic heterocycles. The van der Waals surface area contributed by atoms with Gasteiger partial charge in [0.15, 0.2) is 5.69 Å². The highest BCUT2D eigenvalue weighted by Crippen LogP contribution is 2.29. The largest absolute Gasteiger partial charge is 0.505 e. The van der Waals surface area contributed by atoms with Crippen LogP contribution in [0.2, 0.25) is 0 Å². The Morgan fingerprint density at radius 3 is 2.91 bits per heavy atom. The SMILES string of the molecule is O=C(NCC1CC(=O)N(C2CCCC2)C1)c1ncccc1O. The number of hydrogen-bond donors (Lipinski definition) is 2. The quantitative estimate of drug-likeness (QED) is 0.878. The third kappa shape index (κ3) is 3.05. The van der Waals surface area contributed by atoms with Crippen LogP contribution in [0, 0.1) is 5.92 Å². The van der Waals surface area contributed by atoms with E-state index in [1.807, 2.05) is 4.90 Å². The summed E-state index contributed by atoms with van der Waals surface area (Å²) >= 11 is 0. The maximum atomic E-state index is 12.1. The molecule has 2 aliphatic rings. The smallest absolute Gasteiger partial charge is 0.273 e. The van der Waals surface area contributed by atoms with E-state index in [0.717, 1.165) is 19.4 Å². The lowest BCUT2D eigenvalue weighted by molar-refractivity contribution is -0.129. The van der Waals surface area contributed by atoms with E-state index in [2.05, 4.69) is 10.3 Å². The molecule has 1 saturated carbocycles. The van der Waals surface area contributed by atoms with Crippen molar-refractivity contribution in [1.82, 2.24) is 15.2 Å². The summed E-state index contributed by atoms with van der Waals surface area (Å²) in [6.45, 7) is 1.15. The van der Waals surface area contributed by atoms with E-state index < -0.39 is 5.91 Å². The molecule has 2 amide bonds. The van der Waals surface area contributed by atoms with Crippen molar-refractivity contribution in [3.63, 3.8) is 0 Å². The van der Waals surface area contributed by atoms with Crippen LogP contribution in [0.15, 0.2) is 18.3 Å². The van der Waals surface area contributed by atoms with E-state index in [0.29, 0.717) is 19.0 Å². The molecule has 0 radical (unpaired) electrons. The van der Waals surface area contributed by atoms with Gasteiger partial charge < -0.3 is 15.3 Å². The summed E-state index contributed by atoms with van der Waals surface area (Å²) in [6.07, 6.45) is 6.57. The molecule has 1 aromatic rings. The Bertz CT molecular complexity index is 570. The lowest BCUT2D eigenvalue weighted by Gasteiger charge is -2.24. The molecule has 22 heavy (non-hydrogen) atoms. The number of aromatic hydroxyl groups is 1. The highest BCUT2D eigenvalue weighted by molar-refractivity contribution is 5.94. The van der Waals surface area contributed by atoms with Crippen LogP contribution >= 0.6 is 0 Å². The first kappa shape index (κ1) is 14.8. The van der Waals surface area contributed by atoms with Gasteiger partial charge in [-0.3, -0.25) is 9.59 Å². The van der Waals surface area contributed by atoms with Crippen molar-refractivity contribution in [3.05, 3.63) is 24.0 Å². The zero-order valence-corrected chi connectivity index (χ0v) is 12.5. The van der Waals surface area contributed by atoms with Crippen LogP contribution in [0.3, 0.4) is 0 Å². The van der Waals surface area contributed by atoms with Crippen LogP contribution in [-0.2, 0) is 4.79 Å². The van der Waals surface area contributed by atoms with E-state index in [4.69, 9.17) is 0 Å². The Morgan fingerprint density at radius 2 is 2.18 bits per heavy atom. The lowest BCUT2D eigenvalue weighted by atomic mass is 10.1. The van der Waals surface area contributed by atoms with Crippen LogP contribution in [0.1, 0.15) is 42.6 Å². The van der Waals surface area contributed by atoms with Crippen molar-refractivity contribution in [1.29, 1.82) is 0 Å². The van der Waals surface area contributed by atoms with Gasteiger partial charge in [-0.2, -0.15) is 0 Å². The third-order valence-corrected chi connectivity index (χ3v) is 4.56. The topological polar surface area (TPSA) is 82.5 Å². The molecule has 0 aromatic carbocycles. The Kier molecular flexibility index (Phi) is 4.27. The number of nitrogens with zero attached hydrogens (tertiary/aromatic N) is 2. The number of aromatic nitrogens is 1. The molecule has 118 valence electrons. The number of carbonyl (C=O) groups excluding carboxylic acids is 2.